The van der Waals surface area contributed by atoms with Crippen molar-refractivity contribution >= 4 is 11.8 Å². The van der Waals surface area contributed by atoms with E-state index in [0.29, 0.717) is 6.54 Å². The molecule has 6 nitrogen and oxygen atoms in total. The second-order valence-corrected chi connectivity index (χ2v) is 6.77. The zero-order valence-corrected chi connectivity index (χ0v) is 15.8. The van der Waals surface area contributed by atoms with E-state index in [4.69, 9.17) is 4.74 Å². The molecule has 27 heavy (non-hydrogen) atoms. The van der Waals surface area contributed by atoms with Gasteiger partial charge in [0.25, 0.3) is 0 Å². The molecule has 3 rings (SSSR count). The molecule has 0 bridgehead atoms. The molecule has 1 aromatic heterocycles. The molecule has 0 aliphatic carbocycles. The van der Waals surface area contributed by atoms with E-state index in [2.05, 4.69) is 16.4 Å². The Hall–Kier alpha value is -2.89. The lowest BCUT2D eigenvalue weighted by Gasteiger charge is -2.24. The van der Waals surface area contributed by atoms with E-state index in [1.54, 1.807) is 7.11 Å². The molecule has 6 heteroatoms. The predicted octanol–water partition coefficient (Wildman–Crippen LogP) is 2.48. The maximum Gasteiger partial charge on any atom is 0.242 e. The summed E-state index contributed by atoms with van der Waals surface area (Å²) < 4.78 is 5.18. The third-order valence-corrected chi connectivity index (χ3v) is 4.82. The Morgan fingerprint density at radius 3 is 2.56 bits per heavy atom. The number of ether oxygens (including phenoxy) is 1. The van der Waals surface area contributed by atoms with Gasteiger partial charge in [-0.2, -0.15) is 0 Å². The standard InChI is InChI=1S/C21H25N3O3/c1-15(25)22-14-21(26)24-11-3-4-20(24)19-10-7-17(13-23-19)12-16-5-8-18(27-2)9-6-16/h5-10,13,20H,3-4,11-12,14H2,1-2H3,(H,22,25). The summed E-state index contributed by atoms with van der Waals surface area (Å²) in [6.07, 6.45) is 4.53. The van der Waals surface area contributed by atoms with Gasteiger partial charge in [-0.25, -0.2) is 0 Å². The third kappa shape index (κ3) is 4.84. The normalized spacial score (nSPS) is 16.2. The van der Waals surface area contributed by atoms with Gasteiger partial charge in [0.1, 0.15) is 5.75 Å². The van der Waals surface area contributed by atoms with Crippen LogP contribution < -0.4 is 10.1 Å². The van der Waals surface area contributed by atoms with Crippen LogP contribution in [0.25, 0.3) is 0 Å². The Morgan fingerprint density at radius 2 is 1.93 bits per heavy atom. The van der Waals surface area contributed by atoms with E-state index < -0.39 is 0 Å². The van der Waals surface area contributed by atoms with Crippen molar-refractivity contribution in [3.8, 4) is 5.75 Å². The Balaban J connectivity index is 1.64. The van der Waals surface area contributed by atoms with E-state index >= 15 is 0 Å². The SMILES string of the molecule is COc1ccc(Cc2ccc(C3CCCN3C(=O)CNC(C)=O)nc2)cc1. The molecule has 0 saturated carbocycles. The molecule has 2 aromatic rings. The summed E-state index contributed by atoms with van der Waals surface area (Å²) in [6, 6.07) is 12.1. The molecule has 0 spiro atoms. The minimum absolute atomic E-state index is 0.0127. The lowest BCUT2D eigenvalue weighted by molar-refractivity contribution is -0.133. The molecule has 1 aliphatic rings. The van der Waals surface area contributed by atoms with Crippen LogP contribution in [-0.4, -0.2) is 41.9 Å². The largest absolute Gasteiger partial charge is 0.497 e. The number of pyridine rings is 1. The van der Waals surface area contributed by atoms with Crippen molar-refractivity contribution in [2.75, 3.05) is 20.2 Å². The number of carbonyl (C=O) groups is 2. The smallest absolute Gasteiger partial charge is 0.242 e. The Labute approximate surface area is 159 Å². The molecular weight excluding hydrogens is 342 g/mol. The first-order valence-electron chi connectivity index (χ1n) is 9.18. The van der Waals surface area contributed by atoms with Gasteiger partial charge in [-0.15, -0.1) is 0 Å². The second-order valence-electron chi connectivity index (χ2n) is 6.77. The van der Waals surface area contributed by atoms with Crippen molar-refractivity contribution in [2.45, 2.75) is 32.2 Å². The van der Waals surface area contributed by atoms with Crippen molar-refractivity contribution < 1.29 is 14.3 Å². The van der Waals surface area contributed by atoms with Gasteiger partial charge < -0.3 is 15.0 Å². The number of hydrogen-bond acceptors (Lipinski definition) is 4. The van der Waals surface area contributed by atoms with Gasteiger partial charge in [0.2, 0.25) is 11.8 Å². The first-order chi connectivity index (χ1) is 13.1. The van der Waals surface area contributed by atoms with Gasteiger partial charge in [0, 0.05) is 19.7 Å². The average molecular weight is 367 g/mol. The fraction of sp³-hybridized carbons (Fsp3) is 0.381. The first-order valence-corrected chi connectivity index (χ1v) is 9.18. The maximum absolute atomic E-state index is 12.4. The van der Waals surface area contributed by atoms with Crippen LogP contribution in [0.3, 0.4) is 0 Å². The highest BCUT2D eigenvalue weighted by atomic mass is 16.5. The van der Waals surface area contributed by atoms with Crippen molar-refractivity contribution in [1.29, 1.82) is 0 Å². The van der Waals surface area contributed by atoms with Crippen LogP contribution in [0.1, 0.15) is 42.6 Å². The van der Waals surface area contributed by atoms with E-state index in [-0.39, 0.29) is 24.4 Å². The number of aromatic nitrogens is 1. The summed E-state index contributed by atoms with van der Waals surface area (Å²) in [6.45, 7) is 2.16. The van der Waals surface area contributed by atoms with Crippen LogP contribution in [0.15, 0.2) is 42.6 Å². The minimum Gasteiger partial charge on any atom is -0.497 e. The van der Waals surface area contributed by atoms with Gasteiger partial charge in [-0.1, -0.05) is 18.2 Å². The summed E-state index contributed by atoms with van der Waals surface area (Å²) in [5.41, 5.74) is 3.22. The van der Waals surface area contributed by atoms with Crippen LogP contribution in [0.5, 0.6) is 5.75 Å². The number of benzene rings is 1. The molecule has 1 atom stereocenters. The number of hydrogen-bond donors (Lipinski definition) is 1. The molecule has 1 aliphatic heterocycles. The molecule has 1 N–H and O–H groups in total. The highest BCUT2D eigenvalue weighted by molar-refractivity contribution is 5.84. The minimum atomic E-state index is -0.194. The number of nitrogens with one attached hydrogen (secondary N) is 1. The summed E-state index contributed by atoms with van der Waals surface area (Å²) in [5.74, 6) is 0.592. The average Bonchev–Trinajstić information content (AvgIpc) is 3.17. The van der Waals surface area contributed by atoms with E-state index in [1.165, 1.54) is 12.5 Å². The zero-order chi connectivity index (χ0) is 19.2. The first kappa shape index (κ1) is 18.9. The van der Waals surface area contributed by atoms with Crippen LogP contribution >= 0.6 is 0 Å². The van der Waals surface area contributed by atoms with Crippen LogP contribution in [-0.2, 0) is 16.0 Å². The Morgan fingerprint density at radius 1 is 1.19 bits per heavy atom. The Kier molecular flexibility index (Phi) is 6.06. The quantitative estimate of drug-likeness (QED) is 0.851. The fourth-order valence-corrected chi connectivity index (χ4v) is 3.39. The summed E-state index contributed by atoms with van der Waals surface area (Å²) in [7, 11) is 1.66. The van der Waals surface area contributed by atoms with E-state index in [0.717, 1.165) is 36.3 Å². The lowest BCUT2D eigenvalue weighted by atomic mass is 10.0. The number of methoxy groups -OCH3 is 1. The topological polar surface area (TPSA) is 71.5 Å². The van der Waals surface area contributed by atoms with Crippen LogP contribution in [0, 0.1) is 0 Å². The number of nitrogens with zero attached hydrogens (tertiary/aromatic N) is 2. The highest BCUT2D eigenvalue weighted by Crippen LogP contribution is 2.30. The number of carbonyl (C=O) groups excluding carboxylic acids is 2. The van der Waals surface area contributed by atoms with Crippen molar-refractivity contribution in [1.82, 2.24) is 15.2 Å². The van der Waals surface area contributed by atoms with Gasteiger partial charge in [0.05, 0.1) is 25.4 Å². The molecule has 1 aromatic carbocycles. The van der Waals surface area contributed by atoms with Gasteiger partial charge >= 0.3 is 0 Å². The molecule has 142 valence electrons. The molecule has 1 saturated heterocycles. The number of rotatable bonds is 6. The summed E-state index contributed by atoms with van der Waals surface area (Å²) in [4.78, 5) is 29.8. The fourth-order valence-electron chi connectivity index (χ4n) is 3.39. The number of likely N-dealkylation sites (tertiary alicyclic amines) is 1. The lowest BCUT2D eigenvalue weighted by Crippen LogP contribution is -2.39. The molecule has 2 amide bonds. The van der Waals surface area contributed by atoms with E-state index in [1.807, 2.05) is 41.4 Å². The highest BCUT2D eigenvalue weighted by Gasteiger charge is 2.30. The van der Waals surface area contributed by atoms with Crippen LogP contribution in [0.4, 0.5) is 0 Å². The van der Waals surface area contributed by atoms with Gasteiger partial charge in [-0.05, 0) is 48.6 Å². The summed E-state index contributed by atoms with van der Waals surface area (Å²) in [5, 5.41) is 2.58. The molecular formula is C21H25N3O3. The van der Waals surface area contributed by atoms with Gasteiger partial charge in [0.15, 0.2) is 0 Å². The van der Waals surface area contributed by atoms with E-state index in [9.17, 15) is 9.59 Å². The molecule has 1 fully saturated rings. The maximum atomic E-state index is 12.4. The number of amides is 2. The molecule has 2 heterocycles. The second kappa shape index (κ2) is 8.66. The molecule has 1 unspecified atom stereocenters. The summed E-state index contributed by atoms with van der Waals surface area (Å²) >= 11 is 0. The van der Waals surface area contributed by atoms with Crippen molar-refractivity contribution in [3.63, 3.8) is 0 Å². The Bertz CT molecular complexity index is 787. The van der Waals surface area contributed by atoms with Crippen LogP contribution in [0.2, 0.25) is 0 Å². The third-order valence-electron chi connectivity index (χ3n) is 4.82. The molecule has 0 radical (unpaired) electrons. The van der Waals surface area contributed by atoms with Crippen molar-refractivity contribution in [3.05, 3.63) is 59.4 Å². The van der Waals surface area contributed by atoms with Gasteiger partial charge in [-0.3, -0.25) is 14.6 Å². The predicted molar refractivity (Wildman–Crippen MR) is 102 cm³/mol. The van der Waals surface area contributed by atoms with Crippen molar-refractivity contribution in [2.24, 2.45) is 0 Å². The monoisotopic (exact) mass is 367 g/mol. The zero-order valence-electron chi connectivity index (χ0n) is 15.8.